The van der Waals surface area contributed by atoms with Gasteiger partial charge in [-0.3, -0.25) is 4.98 Å². The van der Waals surface area contributed by atoms with Gasteiger partial charge in [0.05, 0.1) is 23.2 Å². The van der Waals surface area contributed by atoms with Gasteiger partial charge in [0.2, 0.25) is 0 Å². The second-order valence-corrected chi connectivity index (χ2v) is 5.70. The molecule has 6 heteroatoms. The third-order valence-electron chi connectivity index (χ3n) is 1.95. The molecule has 0 saturated carbocycles. The molecule has 1 heterocycles. The van der Waals surface area contributed by atoms with Crippen molar-refractivity contribution in [1.82, 2.24) is 4.98 Å². The summed E-state index contributed by atoms with van der Waals surface area (Å²) in [6.07, 6.45) is 4.82. The Kier molecular flexibility index (Phi) is 4.26. The second-order valence-electron chi connectivity index (χ2n) is 3.44. The Labute approximate surface area is 95.0 Å². The van der Waals surface area contributed by atoms with Crippen molar-refractivity contribution in [2.24, 2.45) is 0 Å². The highest BCUT2D eigenvalue weighted by Crippen LogP contribution is 2.11. The molecule has 0 spiro atoms. The zero-order valence-electron chi connectivity index (χ0n) is 8.97. The molecule has 0 aliphatic carbocycles. The van der Waals surface area contributed by atoms with Crippen molar-refractivity contribution >= 4 is 15.5 Å². The highest BCUT2D eigenvalue weighted by Gasteiger charge is 2.03. The number of hydrogen-bond acceptors (Lipinski definition) is 5. The minimum Gasteiger partial charge on any atom is -0.383 e. The molecule has 0 unspecified atom stereocenters. The van der Waals surface area contributed by atoms with E-state index in [0.29, 0.717) is 24.2 Å². The van der Waals surface area contributed by atoms with Gasteiger partial charge < -0.3 is 5.32 Å². The van der Waals surface area contributed by atoms with Crippen LogP contribution in [0.3, 0.4) is 0 Å². The van der Waals surface area contributed by atoms with Crippen molar-refractivity contribution in [1.29, 1.82) is 5.26 Å². The van der Waals surface area contributed by atoms with Crippen molar-refractivity contribution in [2.45, 2.75) is 6.42 Å². The van der Waals surface area contributed by atoms with Crippen LogP contribution in [0.5, 0.6) is 0 Å². The van der Waals surface area contributed by atoms with Gasteiger partial charge in [0.15, 0.2) is 0 Å². The number of rotatable bonds is 5. The SMILES string of the molecule is CS(=O)(=O)CCCNc1cnccc1C#N. The standard InChI is InChI=1S/C10H13N3O2S/c1-16(14,15)6-2-4-13-10-8-12-5-3-9(10)7-11/h3,5,8,13H,2,4,6H2,1H3. The molecule has 0 bridgehead atoms. The molecule has 1 rings (SSSR count). The number of nitrogens with zero attached hydrogens (tertiary/aromatic N) is 2. The van der Waals surface area contributed by atoms with Crippen LogP contribution >= 0.6 is 0 Å². The number of sulfone groups is 1. The molecule has 0 atom stereocenters. The lowest BCUT2D eigenvalue weighted by molar-refractivity contribution is 0.600. The topological polar surface area (TPSA) is 82.8 Å². The Morgan fingerprint density at radius 1 is 1.56 bits per heavy atom. The summed E-state index contributed by atoms with van der Waals surface area (Å²) in [6, 6.07) is 3.64. The first kappa shape index (κ1) is 12.5. The van der Waals surface area contributed by atoms with Crippen LogP contribution in [-0.4, -0.2) is 32.0 Å². The van der Waals surface area contributed by atoms with Gasteiger partial charge in [0.25, 0.3) is 0 Å². The number of nitrogens with one attached hydrogen (secondary N) is 1. The van der Waals surface area contributed by atoms with Crippen molar-refractivity contribution in [3.63, 3.8) is 0 Å². The van der Waals surface area contributed by atoms with Gasteiger partial charge in [0, 0.05) is 19.0 Å². The Bertz CT molecular complexity index is 491. The number of pyridine rings is 1. The van der Waals surface area contributed by atoms with Crippen LogP contribution in [0.25, 0.3) is 0 Å². The highest BCUT2D eigenvalue weighted by atomic mass is 32.2. The van der Waals surface area contributed by atoms with Crippen LogP contribution in [0.4, 0.5) is 5.69 Å². The van der Waals surface area contributed by atoms with E-state index in [2.05, 4.69) is 10.3 Å². The van der Waals surface area contributed by atoms with Gasteiger partial charge >= 0.3 is 0 Å². The average molecular weight is 239 g/mol. The summed E-state index contributed by atoms with van der Waals surface area (Å²) in [7, 11) is -2.91. The normalized spacial score (nSPS) is 10.8. The third kappa shape index (κ3) is 4.28. The quantitative estimate of drug-likeness (QED) is 0.768. The fraction of sp³-hybridized carbons (Fsp3) is 0.400. The summed E-state index contributed by atoms with van der Waals surface area (Å²) in [5, 5.41) is 11.8. The Morgan fingerprint density at radius 3 is 2.94 bits per heavy atom. The maximum atomic E-state index is 10.9. The van der Waals surface area contributed by atoms with Gasteiger partial charge in [0.1, 0.15) is 15.9 Å². The molecule has 0 amide bonds. The van der Waals surface area contributed by atoms with Crippen LogP contribution in [0.2, 0.25) is 0 Å². The molecule has 16 heavy (non-hydrogen) atoms. The Hall–Kier alpha value is -1.61. The predicted octanol–water partition coefficient (Wildman–Crippen LogP) is 0.800. The zero-order valence-corrected chi connectivity index (χ0v) is 9.79. The van der Waals surface area contributed by atoms with E-state index in [0.717, 1.165) is 0 Å². The first-order valence-electron chi connectivity index (χ1n) is 4.78. The predicted molar refractivity (Wildman–Crippen MR) is 61.8 cm³/mol. The van der Waals surface area contributed by atoms with Crippen LogP contribution < -0.4 is 5.32 Å². The van der Waals surface area contributed by atoms with E-state index in [1.54, 1.807) is 18.5 Å². The number of aromatic nitrogens is 1. The molecular formula is C10H13N3O2S. The molecule has 0 radical (unpaired) electrons. The molecular weight excluding hydrogens is 226 g/mol. The number of hydrogen-bond donors (Lipinski definition) is 1. The highest BCUT2D eigenvalue weighted by molar-refractivity contribution is 7.90. The van der Waals surface area contributed by atoms with E-state index in [9.17, 15) is 8.42 Å². The maximum absolute atomic E-state index is 10.9. The van der Waals surface area contributed by atoms with Gasteiger partial charge in [-0.1, -0.05) is 0 Å². The molecule has 0 aliphatic rings. The lowest BCUT2D eigenvalue weighted by Gasteiger charge is -2.06. The third-order valence-corrected chi connectivity index (χ3v) is 2.98. The smallest absolute Gasteiger partial charge is 0.147 e. The minimum absolute atomic E-state index is 0.141. The minimum atomic E-state index is -2.91. The van der Waals surface area contributed by atoms with Gasteiger partial charge in [-0.25, -0.2) is 8.42 Å². The fourth-order valence-corrected chi connectivity index (χ4v) is 1.86. The second kappa shape index (κ2) is 5.47. The van der Waals surface area contributed by atoms with Gasteiger partial charge in [-0.05, 0) is 12.5 Å². The average Bonchev–Trinajstić information content (AvgIpc) is 2.23. The lowest BCUT2D eigenvalue weighted by Crippen LogP contribution is -2.10. The molecule has 5 nitrogen and oxygen atoms in total. The van der Waals surface area contributed by atoms with Crippen molar-refractivity contribution in [3.05, 3.63) is 24.0 Å². The monoisotopic (exact) mass is 239 g/mol. The number of anilines is 1. The van der Waals surface area contributed by atoms with Crippen LogP contribution in [0.15, 0.2) is 18.5 Å². The summed E-state index contributed by atoms with van der Waals surface area (Å²) in [5.74, 6) is 0.141. The van der Waals surface area contributed by atoms with Gasteiger partial charge in [-0.15, -0.1) is 0 Å². The van der Waals surface area contributed by atoms with Crippen LogP contribution in [-0.2, 0) is 9.84 Å². The molecule has 0 saturated heterocycles. The molecule has 0 aromatic carbocycles. The molecule has 1 aromatic heterocycles. The van der Waals surface area contributed by atoms with E-state index in [1.807, 2.05) is 6.07 Å². The maximum Gasteiger partial charge on any atom is 0.147 e. The van der Waals surface area contributed by atoms with E-state index in [-0.39, 0.29) is 5.75 Å². The van der Waals surface area contributed by atoms with Crippen LogP contribution in [0, 0.1) is 11.3 Å². The summed E-state index contributed by atoms with van der Waals surface area (Å²) in [5.41, 5.74) is 1.15. The van der Waals surface area contributed by atoms with Crippen molar-refractivity contribution < 1.29 is 8.42 Å². The largest absolute Gasteiger partial charge is 0.383 e. The lowest BCUT2D eigenvalue weighted by atomic mass is 10.2. The summed E-state index contributed by atoms with van der Waals surface area (Å²) in [4.78, 5) is 3.89. The summed E-state index contributed by atoms with van der Waals surface area (Å²) >= 11 is 0. The zero-order chi connectivity index (χ0) is 12.0. The van der Waals surface area contributed by atoms with Crippen LogP contribution in [0.1, 0.15) is 12.0 Å². The molecule has 0 aliphatic heterocycles. The van der Waals surface area contributed by atoms with Crippen molar-refractivity contribution in [3.8, 4) is 6.07 Å². The molecule has 1 N–H and O–H groups in total. The van der Waals surface area contributed by atoms with E-state index < -0.39 is 9.84 Å². The first-order valence-corrected chi connectivity index (χ1v) is 6.85. The van der Waals surface area contributed by atoms with Crippen molar-refractivity contribution in [2.75, 3.05) is 23.9 Å². The van der Waals surface area contributed by atoms with E-state index in [4.69, 9.17) is 5.26 Å². The number of nitriles is 1. The summed E-state index contributed by atoms with van der Waals surface area (Å²) < 4.78 is 21.7. The van der Waals surface area contributed by atoms with E-state index >= 15 is 0 Å². The Morgan fingerprint density at radius 2 is 2.31 bits per heavy atom. The fourth-order valence-electron chi connectivity index (χ4n) is 1.19. The molecule has 86 valence electrons. The summed E-state index contributed by atoms with van der Waals surface area (Å²) in [6.45, 7) is 0.507. The molecule has 1 aromatic rings. The first-order chi connectivity index (χ1) is 7.53. The Balaban J connectivity index is 2.47. The van der Waals surface area contributed by atoms with Gasteiger partial charge in [-0.2, -0.15) is 5.26 Å². The van der Waals surface area contributed by atoms with E-state index in [1.165, 1.54) is 6.26 Å². The molecule has 0 fully saturated rings.